The van der Waals surface area contributed by atoms with E-state index in [1.54, 1.807) is 0 Å². The Morgan fingerprint density at radius 1 is 0.967 bits per heavy atom. The molecule has 168 valence electrons. The first-order valence-corrected chi connectivity index (χ1v) is 12.1. The predicted octanol–water partition coefficient (Wildman–Crippen LogP) is 5.40. The van der Waals surface area contributed by atoms with Crippen LogP contribution >= 0.6 is 0 Å². The van der Waals surface area contributed by atoms with Crippen LogP contribution in [0.4, 0.5) is 5.69 Å². The summed E-state index contributed by atoms with van der Waals surface area (Å²) in [6.45, 7) is 7.05. The van der Waals surface area contributed by atoms with Crippen molar-refractivity contribution < 1.29 is 14.3 Å². The fraction of sp³-hybridized carbons (Fsp3) is 0.720. The average molecular weight is 417 g/mol. The van der Waals surface area contributed by atoms with Gasteiger partial charge in [-0.15, -0.1) is 0 Å². The van der Waals surface area contributed by atoms with Crippen LogP contribution in [0, 0.1) is 0 Å². The lowest BCUT2D eigenvalue weighted by Crippen LogP contribution is -2.45. The number of piperidine rings is 1. The Hall–Kier alpha value is -1.59. The summed E-state index contributed by atoms with van der Waals surface area (Å²) in [6, 6.07) is 7.76. The molecule has 1 aromatic carbocycles. The first-order chi connectivity index (χ1) is 14.7. The van der Waals surface area contributed by atoms with Gasteiger partial charge >= 0.3 is 0 Å². The Kier molecular flexibility index (Phi) is 9.47. The van der Waals surface area contributed by atoms with Gasteiger partial charge in [-0.3, -0.25) is 4.79 Å². The van der Waals surface area contributed by atoms with Gasteiger partial charge < -0.3 is 19.7 Å². The van der Waals surface area contributed by atoms with Crippen LogP contribution in [0.15, 0.2) is 24.3 Å². The van der Waals surface area contributed by atoms with Crippen LogP contribution in [0.3, 0.4) is 0 Å². The van der Waals surface area contributed by atoms with Crippen LogP contribution in [0.2, 0.25) is 0 Å². The largest absolute Gasteiger partial charge is 0.494 e. The van der Waals surface area contributed by atoms with Crippen LogP contribution in [0.25, 0.3) is 0 Å². The number of benzene rings is 1. The monoisotopic (exact) mass is 416 g/mol. The van der Waals surface area contributed by atoms with Gasteiger partial charge in [0.1, 0.15) is 11.4 Å². The minimum absolute atomic E-state index is 0.00745. The van der Waals surface area contributed by atoms with Crippen molar-refractivity contribution in [3.8, 4) is 5.75 Å². The molecule has 0 bridgehead atoms. The number of hydrogen-bond acceptors (Lipinski definition) is 4. The van der Waals surface area contributed by atoms with Crippen molar-refractivity contribution in [2.45, 2.75) is 83.2 Å². The lowest BCUT2D eigenvalue weighted by molar-refractivity contribution is -0.143. The molecular weight excluding hydrogens is 376 g/mol. The van der Waals surface area contributed by atoms with E-state index in [1.165, 1.54) is 45.2 Å². The van der Waals surface area contributed by atoms with E-state index >= 15 is 0 Å². The molecule has 1 aliphatic heterocycles. The molecule has 0 unspecified atom stereocenters. The van der Waals surface area contributed by atoms with Crippen molar-refractivity contribution >= 4 is 11.6 Å². The van der Waals surface area contributed by atoms with Crippen LogP contribution in [-0.4, -0.2) is 49.3 Å². The van der Waals surface area contributed by atoms with Crippen LogP contribution in [0.5, 0.6) is 5.75 Å². The lowest BCUT2D eigenvalue weighted by Gasteiger charge is -2.31. The molecule has 3 rings (SSSR count). The molecule has 5 nitrogen and oxygen atoms in total. The average Bonchev–Trinajstić information content (AvgIpc) is 3.04. The predicted molar refractivity (Wildman–Crippen MR) is 122 cm³/mol. The summed E-state index contributed by atoms with van der Waals surface area (Å²) in [5, 5.41) is 3.10. The Balaban J connectivity index is 1.46. The van der Waals surface area contributed by atoms with Gasteiger partial charge in [0.05, 0.1) is 6.61 Å². The normalized spacial score (nSPS) is 19.8. The third-order valence-corrected chi connectivity index (χ3v) is 6.36. The summed E-state index contributed by atoms with van der Waals surface area (Å²) < 4.78 is 12.0. The van der Waals surface area contributed by atoms with E-state index in [0.29, 0.717) is 6.61 Å². The minimum Gasteiger partial charge on any atom is -0.494 e. The quantitative estimate of drug-likeness (QED) is 0.410. The summed E-state index contributed by atoms with van der Waals surface area (Å²) in [5.74, 6) is 0.867. The van der Waals surface area contributed by atoms with Crippen LogP contribution in [-0.2, 0) is 9.53 Å². The zero-order valence-electron chi connectivity index (χ0n) is 18.8. The molecule has 0 atom stereocenters. The Bertz CT molecular complexity index is 618. The van der Waals surface area contributed by atoms with E-state index < -0.39 is 5.60 Å². The lowest BCUT2D eigenvalue weighted by atomic mass is 9.92. The molecule has 1 aliphatic carbocycles. The summed E-state index contributed by atoms with van der Waals surface area (Å²) in [7, 11) is 0. The smallest absolute Gasteiger partial charge is 0.256 e. The fourth-order valence-electron chi connectivity index (χ4n) is 4.57. The topological polar surface area (TPSA) is 50.8 Å². The standard InChI is InChI=1S/C25H40N2O3/c1-2-20-30-25(15-6-3-4-7-16-25)24(28)26-22-11-13-23(14-12-22)29-21-10-19-27-17-8-5-9-18-27/h11-14H,2-10,15-21H2,1H3,(H,26,28). The first kappa shape index (κ1) is 23.1. The van der Waals surface area contributed by atoms with Gasteiger partial charge in [0.15, 0.2) is 0 Å². The molecule has 0 spiro atoms. The van der Waals surface area contributed by atoms with E-state index in [-0.39, 0.29) is 5.91 Å². The van der Waals surface area contributed by atoms with Crippen molar-refractivity contribution in [1.29, 1.82) is 0 Å². The number of nitrogens with zero attached hydrogens (tertiary/aromatic N) is 1. The molecule has 5 heteroatoms. The molecule has 1 aromatic rings. The van der Waals surface area contributed by atoms with Crippen LogP contribution < -0.4 is 10.1 Å². The highest BCUT2D eigenvalue weighted by Gasteiger charge is 2.39. The van der Waals surface area contributed by atoms with Crippen molar-refractivity contribution in [1.82, 2.24) is 4.90 Å². The molecule has 1 amide bonds. The number of anilines is 1. The number of rotatable bonds is 10. The molecule has 2 fully saturated rings. The zero-order valence-corrected chi connectivity index (χ0v) is 18.8. The summed E-state index contributed by atoms with van der Waals surface area (Å²) in [6.07, 6.45) is 12.1. The minimum atomic E-state index is -0.671. The number of carbonyl (C=O) groups excluding carboxylic acids is 1. The number of nitrogens with one attached hydrogen (secondary N) is 1. The highest BCUT2D eigenvalue weighted by molar-refractivity contribution is 5.97. The second-order valence-corrected chi connectivity index (χ2v) is 8.84. The van der Waals surface area contributed by atoms with E-state index in [0.717, 1.165) is 63.1 Å². The molecular formula is C25H40N2O3. The highest BCUT2D eigenvalue weighted by atomic mass is 16.5. The number of hydrogen-bond donors (Lipinski definition) is 1. The number of carbonyl (C=O) groups is 1. The third-order valence-electron chi connectivity index (χ3n) is 6.36. The van der Waals surface area contributed by atoms with E-state index in [4.69, 9.17) is 9.47 Å². The molecule has 1 saturated heterocycles. The van der Waals surface area contributed by atoms with Crippen molar-refractivity contribution in [2.24, 2.45) is 0 Å². The van der Waals surface area contributed by atoms with Gasteiger partial charge in [0.2, 0.25) is 0 Å². The number of likely N-dealkylation sites (tertiary alicyclic amines) is 1. The van der Waals surface area contributed by atoms with Gasteiger partial charge in [0.25, 0.3) is 5.91 Å². The van der Waals surface area contributed by atoms with E-state index in [1.807, 2.05) is 24.3 Å². The maximum Gasteiger partial charge on any atom is 0.256 e. The molecule has 1 saturated carbocycles. The molecule has 2 aliphatic rings. The summed E-state index contributed by atoms with van der Waals surface area (Å²) in [5.41, 5.74) is 0.139. The number of ether oxygens (including phenoxy) is 2. The Morgan fingerprint density at radius 2 is 1.63 bits per heavy atom. The maximum atomic E-state index is 13.1. The van der Waals surface area contributed by atoms with E-state index in [2.05, 4.69) is 17.1 Å². The van der Waals surface area contributed by atoms with Gasteiger partial charge in [-0.2, -0.15) is 0 Å². The van der Waals surface area contributed by atoms with E-state index in [9.17, 15) is 4.79 Å². The van der Waals surface area contributed by atoms with Crippen molar-refractivity contribution in [2.75, 3.05) is 38.2 Å². The molecule has 0 aromatic heterocycles. The zero-order chi connectivity index (χ0) is 21.1. The second-order valence-electron chi connectivity index (χ2n) is 8.84. The van der Waals surface area contributed by atoms with Gasteiger partial charge in [-0.05, 0) is 75.9 Å². The van der Waals surface area contributed by atoms with Crippen LogP contribution in [0.1, 0.15) is 77.6 Å². The molecule has 0 radical (unpaired) electrons. The second kappa shape index (κ2) is 12.3. The Labute approximate surface area is 182 Å². The van der Waals surface area contributed by atoms with Crippen molar-refractivity contribution in [3.05, 3.63) is 24.3 Å². The summed E-state index contributed by atoms with van der Waals surface area (Å²) in [4.78, 5) is 15.7. The summed E-state index contributed by atoms with van der Waals surface area (Å²) >= 11 is 0. The van der Waals surface area contributed by atoms with Gasteiger partial charge in [-0.25, -0.2) is 0 Å². The Morgan fingerprint density at radius 3 is 2.30 bits per heavy atom. The fourth-order valence-corrected chi connectivity index (χ4v) is 4.57. The molecule has 30 heavy (non-hydrogen) atoms. The molecule has 1 heterocycles. The van der Waals surface area contributed by atoms with Gasteiger partial charge in [0, 0.05) is 18.8 Å². The van der Waals surface area contributed by atoms with Crippen molar-refractivity contribution in [3.63, 3.8) is 0 Å². The highest BCUT2D eigenvalue weighted by Crippen LogP contribution is 2.32. The maximum absolute atomic E-state index is 13.1. The third kappa shape index (κ3) is 6.98. The number of amides is 1. The molecule has 1 N–H and O–H groups in total. The van der Waals surface area contributed by atoms with Gasteiger partial charge in [-0.1, -0.05) is 39.0 Å². The first-order valence-electron chi connectivity index (χ1n) is 12.1. The SMILES string of the molecule is CCCOC1(C(=O)Nc2ccc(OCCCN3CCCCC3)cc2)CCCCCC1.